The van der Waals surface area contributed by atoms with Crippen LogP contribution >= 0.6 is 0 Å². The molecular formula is C18H16F2N2O2. The Bertz CT molecular complexity index is 861. The summed E-state index contributed by atoms with van der Waals surface area (Å²) in [5.41, 5.74) is 2.16. The van der Waals surface area contributed by atoms with E-state index >= 15 is 0 Å². The number of nitrogens with one attached hydrogen (secondary N) is 2. The fraction of sp³-hybridized carbons (Fsp3) is 0.167. The number of para-hydroxylation sites is 1. The Morgan fingerprint density at radius 2 is 2.00 bits per heavy atom. The molecule has 4 nitrogen and oxygen atoms in total. The van der Waals surface area contributed by atoms with Gasteiger partial charge in [0.05, 0.1) is 0 Å². The molecule has 0 spiro atoms. The lowest BCUT2D eigenvalue weighted by Gasteiger charge is -2.08. The number of carbonyl (C=O) groups is 1. The molecule has 0 aliphatic heterocycles. The number of amides is 1. The highest BCUT2D eigenvalue weighted by Crippen LogP contribution is 2.18. The number of aromatic amines is 1. The molecule has 0 atom stereocenters. The van der Waals surface area contributed by atoms with Crippen LogP contribution in [0.3, 0.4) is 0 Å². The van der Waals surface area contributed by atoms with Gasteiger partial charge in [0.15, 0.2) is 18.2 Å². The molecule has 0 aliphatic rings. The van der Waals surface area contributed by atoms with E-state index in [9.17, 15) is 13.6 Å². The van der Waals surface area contributed by atoms with Crippen molar-refractivity contribution in [2.24, 2.45) is 0 Å². The summed E-state index contributed by atoms with van der Waals surface area (Å²) in [5.74, 6) is -2.04. The van der Waals surface area contributed by atoms with E-state index in [2.05, 4.69) is 10.3 Å². The lowest BCUT2D eigenvalue weighted by molar-refractivity contribution is -0.123. The molecule has 0 unspecified atom stereocenters. The topological polar surface area (TPSA) is 54.1 Å². The number of rotatable bonds is 6. The monoisotopic (exact) mass is 330 g/mol. The van der Waals surface area contributed by atoms with Crippen LogP contribution in [-0.4, -0.2) is 24.0 Å². The third-order valence-corrected chi connectivity index (χ3v) is 3.64. The Morgan fingerprint density at radius 3 is 2.83 bits per heavy atom. The number of aromatic nitrogens is 1. The summed E-state index contributed by atoms with van der Waals surface area (Å²) in [4.78, 5) is 14.9. The van der Waals surface area contributed by atoms with Gasteiger partial charge in [0.2, 0.25) is 0 Å². The van der Waals surface area contributed by atoms with Crippen LogP contribution in [0.1, 0.15) is 5.56 Å². The largest absolute Gasteiger partial charge is 0.481 e. The highest BCUT2D eigenvalue weighted by atomic mass is 19.1. The maximum Gasteiger partial charge on any atom is 0.257 e. The first-order valence-electron chi connectivity index (χ1n) is 7.53. The number of hydrogen-bond donors (Lipinski definition) is 2. The van der Waals surface area contributed by atoms with E-state index in [-0.39, 0.29) is 18.3 Å². The smallest absolute Gasteiger partial charge is 0.257 e. The second-order valence-electron chi connectivity index (χ2n) is 5.32. The molecule has 0 aliphatic carbocycles. The Labute approximate surface area is 137 Å². The van der Waals surface area contributed by atoms with Crippen LogP contribution in [0.15, 0.2) is 48.7 Å². The van der Waals surface area contributed by atoms with E-state index in [1.807, 2.05) is 30.5 Å². The average Bonchev–Trinajstić information content (AvgIpc) is 2.97. The molecular weight excluding hydrogens is 314 g/mol. The summed E-state index contributed by atoms with van der Waals surface area (Å²) in [5, 5.41) is 3.83. The molecule has 1 aromatic heterocycles. The molecule has 1 heterocycles. The van der Waals surface area contributed by atoms with Crippen LogP contribution in [0.4, 0.5) is 8.78 Å². The summed E-state index contributed by atoms with van der Waals surface area (Å²) in [6.07, 6.45) is 2.59. The minimum absolute atomic E-state index is 0.150. The highest BCUT2D eigenvalue weighted by Gasteiger charge is 2.08. The second-order valence-corrected chi connectivity index (χ2v) is 5.32. The number of fused-ring (bicyclic) bond motifs is 1. The van der Waals surface area contributed by atoms with E-state index in [0.717, 1.165) is 28.6 Å². The molecule has 0 bridgehead atoms. The second kappa shape index (κ2) is 7.12. The lowest BCUT2D eigenvalue weighted by atomic mass is 10.1. The predicted molar refractivity (Wildman–Crippen MR) is 86.9 cm³/mol. The maximum absolute atomic E-state index is 13.4. The summed E-state index contributed by atoms with van der Waals surface area (Å²) in [7, 11) is 0. The van der Waals surface area contributed by atoms with Crippen LogP contribution in [0.2, 0.25) is 0 Å². The van der Waals surface area contributed by atoms with Gasteiger partial charge in [-0.15, -0.1) is 0 Å². The van der Waals surface area contributed by atoms with Gasteiger partial charge in [0, 0.05) is 29.7 Å². The normalized spacial score (nSPS) is 10.8. The van der Waals surface area contributed by atoms with Crippen molar-refractivity contribution in [3.8, 4) is 5.75 Å². The summed E-state index contributed by atoms with van der Waals surface area (Å²) in [6.45, 7) is 0.117. The Morgan fingerprint density at radius 1 is 1.17 bits per heavy atom. The zero-order valence-corrected chi connectivity index (χ0v) is 12.8. The Kier molecular flexibility index (Phi) is 4.74. The SMILES string of the molecule is O=C(COc1ccc(F)cc1F)NCCc1c[nH]c2ccccc12. The minimum Gasteiger partial charge on any atom is -0.481 e. The molecule has 1 amide bonds. The van der Waals surface area contributed by atoms with Gasteiger partial charge in [-0.1, -0.05) is 18.2 Å². The van der Waals surface area contributed by atoms with Gasteiger partial charge in [0.25, 0.3) is 5.91 Å². The molecule has 0 saturated carbocycles. The number of ether oxygens (including phenoxy) is 1. The van der Waals surface area contributed by atoms with Crippen molar-refractivity contribution in [3.05, 3.63) is 65.9 Å². The number of H-pyrrole nitrogens is 1. The summed E-state index contributed by atoms with van der Waals surface area (Å²) in [6, 6.07) is 10.9. The Hall–Kier alpha value is -2.89. The van der Waals surface area contributed by atoms with Crippen molar-refractivity contribution in [2.45, 2.75) is 6.42 Å². The van der Waals surface area contributed by atoms with Crippen molar-refractivity contribution in [2.75, 3.05) is 13.2 Å². The predicted octanol–water partition coefficient (Wildman–Crippen LogP) is 3.18. The van der Waals surface area contributed by atoms with Gasteiger partial charge in [-0.2, -0.15) is 0 Å². The van der Waals surface area contributed by atoms with Crippen LogP contribution < -0.4 is 10.1 Å². The molecule has 3 aromatic rings. The average molecular weight is 330 g/mol. The van der Waals surface area contributed by atoms with Crippen molar-refractivity contribution in [1.82, 2.24) is 10.3 Å². The van der Waals surface area contributed by atoms with Crippen LogP contribution in [0, 0.1) is 11.6 Å². The van der Waals surface area contributed by atoms with Gasteiger partial charge >= 0.3 is 0 Å². The zero-order valence-electron chi connectivity index (χ0n) is 12.8. The number of carbonyl (C=O) groups excluding carboxylic acids is 1. The minimum atomic E-state index is -0.832. The molecule has 0 saturated heterocycles. The van der Waals surface area contributed by atoms with Crippen molar-refractivity contribution >= 4 is 16.8 Å². The van der Waals surface area contributed by atoms with E-state index < -0.39 is 11.6 Å². The van der Waals surface area contributed by atoms with E-state index in [0.29, 0.717) is 19.0 Å². The third kappa shape index (κ3) is 3.71. The van der Waals surface area contributed by atoms with Crippen LogP contribution in [0.5, 0.6) is 5.75 Å². The summed E-state index contributed by atoms with van der Waals surface area (Å²) >= 11 is 0. The fourth-order valence-corrected chi connectivity index (χ4v) is 2.46. The molecule has 6 heteroatoms. The quantitative estimate of drug-likeness (QED) is 0.729. The highest BCUT2D eigenvalue weighted by molar-refractivity contribution is 5.83. The molecule has 124 valence electrons. The maximum atomic E-state index is 13.4. The van der Waals surface area contributed by atoms with Crippen molar-refractivity contribution in [3.63, 3.8) is 0 Å². The van der Waals surface area contributed by atoms with Gasteiger partial charge in [0.1, 0.15) is 5.82 Å². The van der Waals surface area contributed by atoms with E-state index in [1.165, 1.54) is 0 Å². The van der Waals surface area contributed by atoms with Crippen LogP contribution in [-0.2, 0) is 11.2 Å². The van der Waals surface area contributed by atoms with E-state index in [4.69, 9.17) is 4.74 Å². The van der Waals surface area contributed by atoms with Gasteiger partial charge in [-0.05, 0) is 30.2 Å². The lowest BCUT2D eigenvalue weighted by Crippen LogP contribution is -2.30. The van der Waals surface area contributed by atoms with Gasteiger partial charge in [-0.25, -0.2) is 8.78 Å². The van der Waals surface area contributed by atoms with Gasteiger partial charge < -0.3 is 15.0 Å². The molecule has 3 rings (SSSR count). The molecule has 0 radical (unpaired) electrons. The zero-order chi connectivity index (χ0) is 16.9. The van der Waals surface area contributed by atoms with Gasteiger partial charge in [-0.3, -0.25) is 4.79 Å². The number of halogens is 2. The molecule has 2 aromatic carbocycles. The number of hydrogen-bond acceptors (Lipinski definition) is 2. The molecule has 0 fully saturated rings. The summed E-state index contributed by atoms with van der Waals surface area (Å²) < 4.78 is 31.2. The molecule has 24 heavy (non-hydrogen) atoms. The number of benzene rings is 2. The first-order chi connectivity index (χ1) is 11.6. The standard InChI is InChI=1S/C18H16F2N2O2/c19-13-5-6-17(15(20)9-13)24-11-18(23)21-8-7-12-10-22-16-4-2-1-3-14(12)16/h1-6,9-10,22H,7-8,11H2,(H,21,23). The first kappa shape index (κ1) is 16.0. The fourth-order valence-electron chi connectivity index (χ4n) is 2.46. The van der Waals surface area contributed by atoms with Crippen molar-refractivity contribution in [1.29, 1.82) is 0 Å². The van der Waals surface area contributed by atoms with Crippen LogP contribution in [0.25, 0.3) is 10.9 Å². The first-order valence-corrected chi connectivity index (χ1v) is 7.53. The van der Waals surface area contributed by atoms with Crippen molar-refractivity contribution < 1.29 is 18.3 Å². The Balaban J connectivity index is 1.47. The molecule has 2 N–H and O–H groups in total. The van der Waals surface area contributed by atoms with E-state index in [1.54, 1.807) is 0 Å². The third-order valence-electron chi connectivity index (χ3n) is 3.64.